The summed E-state index contributed by atoms with van der Waals surface area (Å²) in [5, 5.41) is 3.92. The molecule has 6 nitrogen and oxygen atoms in total. The van der Waals surface area contributed by atoms with Crippen molar-refractivity contribution in [1.29, 1.82) is 0 Å². The fourth-order valence-corrected chi connectivity index (χ4v) is 4.57. The van der Waals surface area contributed by atoms with E-state index in [1.54, 1.807) is 26.0 Å². The highest BCUT2D eigenvalue weighted by molar-refractivity contribution is 7.99. The van der Waals surface area contributed by atoms with Crippen LogP contribution in [0.1, 0.15) is 27.2 Å². The molecule has 8 heteroatoms. The number of nitrogens with one attached hydrogen (secondary N) is 1. The third-order valence-electron chi connectivity index (χ3n) is 5.67. The predicted octanol–water partition coefficient (Wildman–Crippen LogP) is 6.12. The Morgan fingerprint density at radius 1 is 1.03 bits per heavy atom. The summed E-state index contributed by atoms with van der Waals surface area (Å²) in [5.41, 5.74) is 3.48. The number of imidazole rings is 1. The molecule has 2 aromatic carbocycles. The molecule has 0 unspecified atom stereocenters. The standard InChI is InChI=1S/C27H34ClN3O3S/c1-6-16-31-24(20-9-13-22(34-5)14-10-20)23(19-7-11-21(33-4)12-8-19)30-26(31)35-17-15-29-25(32)27(2,3)18-28/h7-14H,6,15-18H2,1-5H3,(H,29,32). The van der Waals surface area contributed by atoms with Crippen LogP contribution in [0.4, 0.5) is 0 Å². The number of alkyl halides is 1. The Morgan fingerprint density at radius 3 is 2.11 bits per heavy atom. The molecule has 0 saturated heterocycles. The lowest BCUT2D eigenvalue weighted by molar-refractivity contribution is -0.128. The fraction of sp³-hybridized carbons (Fsp3) is 0.407. The number of ether oxygens (including phenoxy) is 2. The molecule has 1 amide bonds. The molecular weight excluding hydrogens is 482 g/mol. The SMILES string of the molecule is CCCn1c(SCCNC(=O)C(C)(C)CCl)nc(-c2ccc(OC)cc2)c1-c1ccc(OC)cc1. The molecule has 0 atom stereocenters. The molecule has 188 valence electrons. The number of halogens is 1. The van der Waals surface area contributed by atoms with E-state index in [4.69, 9.17) is 26.1 Å². The summed E-state index contributed by atoms with van der Waals surface area (Å²) >= 11 is 7.57. The van der Waals surface area contributed by atoms with E-state index < -0.39 is 5.41 Å². The van der Waals surface area contributed by atoms with E-state index in [2.05, 4.69) is 28.9 Å². The minimum atomic E-state index is -0.587. The number of methoxy groups -OCH3 is 2. The highest BCUT2D eigenvalue weighted by Crippen LogP contribution is 2.37. The van der Waals surface area contributed by atoms with Crippen molar-refractivity contribution in [2.75, 3.05) is 32.4 Å². The molecule has 0 fully saturated rings. The van der Waals surface area contributed by atoms with E-state index >= 15 is 0 Å². The number of thioether (sulfide) groups is 1. The number of hydrogen-bond donors (Lipinski definition) is 1. The Hall–Kier alpha value is -2.64. The van der Waals surface area contributed by atoms with Crippen molar-refractivity contribution in [2.24, 2.45) is 5.41 Å². The molecule has 0 spiro atoms. The molecule has 0 aliphatic carbocycles. The minimum Gasteiger partial charge on any atom is -0.497 e. The molecule has 3 rings (SSSR count). The highest BCUT2D eigenvalue weighted by atomic mass is 35.5. The molecule has 0 radical (unpaired) electrons. The summed E-state index contributed by atoms with van der Waals surface area (Å²) < 4.78 is 13.0. The van der Waals surface area contributed by atoms with Gasteiger partial charge >= 0.3 is 0 Å². The number of aromatic nitrogens is 2. The largest absolute Gasteiger partial charge is 0.497 e. The first-order valence-electron chi connectivity index (χ1n) is 11.7. The predicted molar refractivity (Wildman–Crippen MR) is 145 cm³/mol. The summed E-state index contributed by atoms with van der Waals surface area (Å²) in [4.78, 5) is 17.4. The van der Waals surface area contributed by atoms with Crippen molar-refractivity contribution in [1.82, 2.24) is 14.9 Å². The minimum absolute atomic E-state index is 0.0390. The summed E-state index contributed by atoms with van der Waals surface area (Å²) in [6, 6.07) is 16.0. The van der Waals surface area contributed by atoms with E-state index in [0.717, 1.165) is 52.1 Å². The maximum Gasteiger partial charge on any atom is 0.226 e. The van der Waals surface area contributed by atoms with Gasteiger partial charge in [-0.15, -0.1) is 11.6 Å². The Bertz CT molecular complexity index is 1110. The van der Waals surface area contributed by atoms with Crippen LogP contribution >= 0.6 is 23.4 Å². The van der Waals surface area contributed by atoms with Gasteiger partial charge in [-0.2, -0.15) is 0 Å². The number of carbonyl (C=O) groups excluding carboxylic acids is 1. The van der Waals surface area contributed by atoms with Crippen molar-refractivity contribution in [3.63, 3.8) is 0 Å². The lowest BCUT2D eigenvalue weighted by Crippen LogP contribution is -2.39. The monoisotopic (exact) mass is 515 g/mol. The maximum atomic E-state index is 12.4. The number of amides is 1. The molecule has 1 aromatic heterocycles. The molecule has 35 heavy (non-hydrogen) atoms. The van der Waals surface area contributed by atoms with Crippen LogP contribution in [0, 0.1) is 5.41 Å². The Kier molecular flexibility index (Phi) is 9.52. The number of nitrogens with zero attached hydrogens (tertiary/aromatic N) is 2. The van der Waals surface area contributed by atoms with E-state index in [0.29, 0.717) is 12.3 Å². The molecular formula is C27H34ClN3O3S. The van der Waals surface area contributed by atoms with Crippen LogP contribution in [0.15, 0.2) is 53.7 Å². The smallest absolute Gasteiger partial charge is 0.226 e. The van der Waals surface area contributed by atoms with Crippen LogP contribution in [-0.2, 0) is 11.3 Å². The molecule has 3 aromatic rings. The van der Waals surface area contributed by atoms with Gasteiger partial charge in [-0.3, -0.25) is 4.79 Å². The van der Waals surface area contributed by atoms with Crippen LogP contribution in [0.5, 0.6) is 11.5 Å². The average Bonchev–Trinajstić information content (AvgIpc) is 3.24. The lowest BCUT2D eigenvalue weighted by atomic mass is 9.95. The van der Waals surface area contributed by atoms with Crippen molar-refractivity contribution in [3.8, 4) is 34.0 Å². The normalized spacial score (nSPS) is 11.4. The Labute approximate surface area is 217 Å². The molecule has 0 bridgehead atoms. The first-order chi connectivity index (χ1) is 16.8. The van der Waals surface area contributed by atoms with E-state index in [1.165, 1.54) is 0 Å². The fourth-order valence-electron chi connectivity index (χ4n) is 3.57. The maximum absolute atomic E-state index is 12.4. The molecule has 1 heterocycles. The number of rotatable bonds is 12. The van der Waals surface area contributed by atoms with Gasteiger partial charge in [0.15, 0.2) is 5.16 Å². The van der Waals surface area contributed by atoms with Crippen LogP contribution < -0.4 is 14.8 Å². The zero-order valence-corrected chi connectivity index (χ0v) is 22.6. The second kappa shape index (κ2) is 12.4. The summed E-state index contributed by atoms with van der Waals surface area (Å²) in [6.45, 7) is 7.22. The van der Waals surface area contributed by atoms with Gasteiger partial charge in [0.25, 0.3) is 0 Å². The molecule has 0 aliphatic rings. The van der Waals surface area contributed by atoms with Gasteiger partial charge in [0.1, 0.15) is 11.5 Å². The van der Waals surface area contributed by atoms with Crippen LogP contribution in [0.2, 0.25) is 0 Å². The van der Waals surface area contributed by atoms with Gasteiger partial charge in [0, 0.05) is 35.8 Å². The van der Waals surface area contributed by atoms with E-state index in [-0.39, 0.29) is 11.8 Å². The van der Waals surface area contributed by atoms with Gasteiger partial charge < -0.3 is 19.4 Å². The zero-order chi connectivity index (χ0) is 25.4. The van der Waals surface area contributed by atoms with E-state index in [9.17, 15) is 4.79 Å². The van der Waals surface area contributed by atoms with E-state index in [1.807, 2.05) is 50.2 Å². The van der Waals surface area contributed by atoms with Gasteiger partial charge in [-0.1, -0.05) is 18.7 Å². The van der Waals surface area contributed by atoms with Crippen molar-refractivity contribution in [2.45, 2.75) is 38.9 Å². The number of benzene rings is 2. The molecule has 0 aliphatic heterocycles. The van der Waals surface area contributed by atoms with Gasteiger partial charge in [0.05, 0.1) is 31.0 Å². The first-order valence-corrected chi connectivity index (χ1v) is 13.2. The van der Waals surface area contributed by atoms with Gasteiger partial charge in [-0.05, 0) is 68.8 Å². The topological polar surface area (TPSA) is 65.4 Å². The van der Waals surface area contributed by atoms with Crippen molar-refractivity contribution < 1.29 is 14.3 Å². The highest BCUT2D eigenvalue weighted by Gasteiger charge is 2.26. The third-order valence-corrected chi connectivity index (χ3v) is 7.32. The van der Waals surface area contributed by atoms with Gasteiger partial charge in [-0.25, -0.2) is 4.98 Å². The summed E-state index contributed by atoms with van der Waals surface area (Å²) in [7, 11) is 3.33. The summed E-state index contributed by atoms with van der Waals surface area (Å²) in [6.07, 6.45) is 0.968. The van der Waals surface area contributed by atoms with Gasteiger partial charge in [0.2, 0.25) is 5.91 Å². The Balaban J connectivity index is 1.95. The average molecular weight is 516 g/mol. The van der Waals surface area contributed by atoms with Crippen LogP contribution in [0.3, 0.4) is 0 Å². The van der Waals surface area contributed by atoms with Crippen LogP contribution in [-0.4, -0.2) is 47.9 Å². The second-order valence-electron chi connectivity index (χ2n) is 8.82. The molecule has 1 N–H and O–H groups in total. The second-order valence-corrected chi connectivity index (χ2v) is 10.2. The Morgan fingerprint density at radius 2 is 1.60 bits per heavy atom. The zero-order valence-electron chi connectivity index (χ0n) is 21.1. The first kappa shape index (κ1) is 27.0. The third kappa shape index (κ3) is 6.53. The van der Waals surface area contributed by atoms with Crippen LogP contribution in [0.25, 0.3) is 22.5 Å². The van der Waals surface area contributed by atoms with Crippen molar-refractivity contribution in [3.05, 3.63) is 48.5 Å². The lowest BCUT2D eigenvalue weighted by Gasteiger charge is -2.20. The van der Waals surface area contributed by atoms with Crippen molar-refractivity contribution >= 4 is 29.3 Å². The number of carbonyl (C=O) groups is 1. The number of hydrogen-bond acceptors (Lipinski definition) is 5. The summed E-state index contributed by atoms with van der Waals surface area (Å²) in [5.74, 6) is 2.56. The molecule has 0 saturated carbocycles. The quantitative estimate of drug-likeness (QED) is 0.179.